The second-order valence-electron chi connectivity index (χ2n) is 8.64. The van der Waals surface area contributed by atoms with Gasteiger partial charge in [-0.1, -0.05) is 97.1 Å². The lowest BCUT2D eigenvalue weighted by molar-refractivity contribution is 0.478. The van der Waals surface area contributed by atoms with Crippen molar-refractivity contribution in [2.75, 3.05) is 0 Å². The summed E-state index contributed by atoms with van der Waals surface area (Å²) in [5.74, 6) is 0.327. The van der Waals surface area contributed by atoms with Gasteiger partial charge in [0, 0.05) is 5.56 Å². The Kier molecular flexibility index (Phi) is 3.54. The third kappa shape index (κ3) is 2.28. The van der Waals surface area contributed by atoms with E-state index in [0.29, 0.717) is 5.75 Å². The number of rotatable bonds is 1. The minimum atomic E-state index is 0.327. The Morgan fingerprint density at radius 2 is 1.19 bits per heavy atom. The Balaban J connectivity index is 1.71. The predicted molar refractivity (Wildman–Crippen MR) is 134 cm³/mol. The molecule has 32 heavy (non-hydrogen) atoms. The van der Waals surface area contributed by atoms with Gasteiger partial charge in [0.1, 0.15) is 5.75 Å². The number of benzene rings is 6. The minimum Gasteiger partial charge on any atom is -0.507 e. The molecule has 0 spiro atoms. The zero-order valence-electron chi connectivity index (χ0n) is 17.5. The van der Waals surface area contributed by atoms with Gasteiger partial charge in [0.2, 0.25) is 0 Å². The third-order valence-corrected chi connectivity index (χ3v) is 6.98. The summed E-state index contributed by atoms with van der Waals surface area (Å²) in [6.45, 7) is 0. The van der Waals surface area contributed by atoms with E-state index in [1.165, 1.54) is 43.8 Å². The molecule has 0 unspecified atom stereocenters. The van der Waals surface area contributed by atoms with Crippen molar-refractivity contribution >= 4 is 32.3 Å². The Hall–Kier alpha value is -4.10. The van der Waals surface area contributed by atoms with Crippen molar-refractivity contribution in [2.45, 2.75) is 6.42 Å². The lowest BCUT2D eigenvalue weighted by Crippen LogP contribution is -1.92. The standard InChI is InChI=1S/C31H20O/c32-28-17-16-19-8-1-3-10-21(19)31(28)26-15-7-14-25-23-12-5-6-13-24(23)29-22-11-4-2-9-20(22)18-27(29)30(25)26/h1-17,32H,18H2. The molecule has 1 aliphatic rings. The van der Waals surface area contributed by atoms with Gasteiger partial charge in [0.15, 0.2) is 0 Å². The van der Waals surface area contributed by atoms with Gasteiger partial charge in [0.05, 0.1) is 0 Å². The molecule has 7 rings (SSSR count). The molecule has 1 aliphatic carbocycles. The molecule has 150 valence electrons. The van der Waals surface area contributed by atoms with Crippen molar-refractivity contribution in [1.82, 2.24) is 0 Å². The maximum absolute atomic E-state index is 11.1. The van der Waals surface area contributed by atoms with Crippen LogP contribution in [-0.2, 0) is 6.42 Å². The van der Waals surface area contributed by atoms with E-state index in [4.69, 9.17) is 0 Å². The normalized spacial score (nSPS) is 12.4. The van der Waals surface area contributed by atoms with Crippen LogP contribution in [0.15, 0.2) is 103 Å². The Morgan fingerprint density at radius 3 is 2.09 bits per heavy atom. The first-order valence-electron chi connectivity index (χ1n) is 11.1. The highest BCUT2D eigenvalue weighted by Crippen LogP contribution is 2.50. The highest BCUT2D eigenvalue weighted by Gasteiger charge is 2.26. The smallest absolute Gasteiger partial charge is 0.124 e. The van der Waals surface area contributed by atoms with Crippen LogP contribution in [0.4, 0.5) is 0 Å². The third-order valence-electron chi connectivity index (χ3n) is 6.98. The molecule has 0 aromatic heterocycles. The van der Waals surface area contributed by atoms with Crippen LogP contribution in [0.5, 0.6) is 5.75 Å². The molecular formula is C31H20O. The summed E-state index contributed by atoms with van der Waals surface area (Å²) < 4.78 is 0. The number of phenols is 1. The van der Waals surface area contributed by atoms with Crippen LogP contribution in [0.1, 0.15) is 11.1 Å². The van der Waals surface area contributed by atoms with Crippen LogP contribution in [-0.4, -0.2) is 5.11 Å². The number of hydrogen-bond acceptors (Lipinski definition) is 1. The fourth-order valence-electron chi connectivity index (χ4n) is 5.67. The number of phenolic OH excluding ortho intramolecular Hbond substituents is 1. The van der Waals surface area contributed by atoms with Crippen LogP contribution in [0.2, 0.25) is 0 Å². The van der Waals surface area contributed by atoms with Gasteiger partial charge in [-0.3, -0.25) is 0 Å². The average molecular weight is 409 g/mol. The fraction of sp³-hybridized carbons (Fsp3) is 0.0323. The van der Waals surface area contributed by atoms with E-state index in [9.17, 15) is 5.11 Å². The Bertz CT molecular complexity index is 1710. The molecule has 1 nitrogen and oxygen atoms in total. The van der Waals surface area contributed by atoms with Crippen molar-refractivity contribution in [3.05, 3.63) is 114 Å². The molecule has 0 atom stereocenters. The first-order chi connectivity index (χ1) is 15.8. The summed E-state index contributed by atoms with van der Waals surface area (Å²) in [7, 11) is 0. The molecule has 1 N–H and O–H groups in total. The van der Waals surface area contributed by atoms with Crippen LogP contribution in [0, 0.1) is 0 Å². The number of hydrogen-bond donors (Lipinski definition) is 1. The van der Waals surface area contributed by atoms with Gasteiger partial charge in [-0.2, -0.15) is 0 Å². The lowest BCUT2D eigenvalue weighted by Gasteiger charge is -2.18. The molecule has 0 bridgehead atoms. The van der Waals surface area contributed by atoms with Gasteiger partial charge in [-0.05, 0) is 72.6 Å². The minimum absolute atomic E-state index is 0.327. The molecule has 0 aliphatic heterocycles. The maximum atomic E-state index is 11.1. The van der Waals surface area contributed by atoms with Gasteiger partial charge in [-0.15, -0.1) is 0 Å². The number of fused-ring (bicyclic) bond motifs is 9. The van der Waals surface area contributed by atoms with E-state index in [2.05, 4.69) is 78.9 Å². The van der Waals surface area contributed by atoms with Crippen LogP contribution < -0.4 is 0 Å². The molecule has 0 heterocycles. The summed E-state index contributed by atoms with van der Waals surface area (Å²) in [5, 5.41) is 18.3. The monoisotopic (exact) mass is 408 g/mol. The Labute approximate surface area is 186 Å². The fourth-order valence-corrected chi connectivity index (χ4v) is 5.67. The van der Waals surface area contributed by atoms with Crippen molar-refractivity contribution in [1.29, 1.82) is 0 Å². The largest absolute Gasteiger partial charge is 0.507 e. The summed E-state index contributed by atoms with van der Waals surface area (Å²) in [4.78, 5) is 0. The topological polar surface area (TPSA) is 20.2 Å². The maximum Gasteiger partial charge on any atom is 0.124 e. The van der Waals surface area contributed by atoms with E-state index < -0.39 is 0 Å². The lowest BCUT2D eigenvalue weighted by atomic mass is 9.86. The quantitative estimate of drug-likeness (QED) is 0.272. The van der Waals surface area contributed by atoms with Crippen molar-refractivity contribution in [2.24, 2.45) is 0 Å². The first-order valence-corrected chi connectivity index (χ1v) is 11.1. The van der Waals surface area contributed by atoms with Crippen molar-refractivity contribution in [3.63, 3.8) is 0 Å². The summed E-state index contributed by atoms with van der Waals surface area (Å²) in [5.41, 5.74) is 7.43. The van der Waals surface area contributed by atoms with Gasteiger partial charge in [-0.25, -0.2) is 0 Å². The van der Waals surface area contributed by atoms with E-state index in [-0.39, 0.29) is 0 Å². The van der Waals surface area contributed by atoms with Crippen LogP contribution in [0.3, 0.4) is 0 Å². The van der Waals surface area contributed by atoms with E-state index >= 15 is 0 Å². The van der Waals surface area contributed by atoms with Crippen molar-refractivity contribution in [3.8, 4) is 28.0 Å². The molecule has 1 heteroatoms. The molecule has 6 aromatic carbocycles. The zero-order chi connectivity index (χ0) is 21.2. The molecule has 0 amide bonds. The highest BCUT2D eigenvalue weighted by atomic mass is 16.3. The summed E-state index contributed by atoms with van der Waals surface area (Å²) in [6, 6.07) is 36.2. The van der Waals surface area contributed by atoms with Gasteiger partial charge in [0.25, 0.3) is 0 Å². The Morgan fingerprint density at radius 1 is 0.500 bits per heavy atom. The predicted octanol–water partition coefficient (Wildman–Crippen LogP) is 8.09. The second kappa shape index (κ2) is 6.45. The molecular weight excluding hydrogens is 388 g/mol. The van der Waals surface area contributed by atoms with Gasteiger partial charge < -0.3 is 5.11 Å². The van der Waals surface area contributed by atoms with Gasteiger partial charge >= 0.3 is 0 Å². The molecule has 0 saturated carbocycles. The summed E-state index contributed by atoms with van der Waals surface area (Å²) in [6.07, 6.45) is 0.912. The van der Waals surface area contributed by atoms with E-state index in [0.717, 1.165) is 28.3 Å². The molecule has 0 saturated heterocycles. The average Bonchev–Trinajstić information content (AvgIpc) is 3.24. The second-order valence-corrected chi connectivity index (χ2v) is 8.64. The molecule has 0 fully saturated rings. The van der Waals surface area contributed by atoms with E-state index in [1.54, 1.807) is 0 Å². The number of aromatic hydroxyl groups is 1. The highest BCUT2D eigenvalue weighted by molar-refractivity contribution is 6.22. The van der Waals surface area contributed by atoms with Crippen LogP contribution >= 0.6 is 0 Å². The van der Waals surface area contributed by atoms with Crippen LogP contribution in [0.25, 0.3) is 54.6 Å². The SMILES string of the molecule is Oc1ccc2ccccc2c1-c1cccc2c1c1c(c3ccccc32)-c2ccccc2C1. The first kappa shape index (κ1) is 17.6. The molecule has 6 aromatic rings. The zero-order valence-corrected chi connectivity index (χ0v) is 17.5. The molecule has 0 radical (unpaired) electrons. The van der Waals surface area contributed by atoms with E-state index in [1.807, 2.05) is 24.3 Å². The summed E-state index contributed by atoms with van der Waals surface area (Å²) >= 11 is 0. The van der Waals surface area contributed by atoms with Crippen molar-refractivity contribution < 1.29 is 5.11 Å².